The van der Waals surface area contributed by atoms with Crippen molar-refractivity contribution in [2.45, 2.75) is 39.0 Å². The normalized spacial score (nSPS) is 43.6. The van der Waals surface area contributed by atoms with Crippen LogP contribution in [0.3, 0.4) is 0 Å². The van der Waals surface area contributed by atoms with Gasteiger partial charge in [-0.15, -0.1) is 11.6 Å². The topological polar surface area (TPSA) is 0 Å². The molecule has 0 N–H and O–H groups in total. The van der Waals surface area contributed by atoms with Gasteiger partial charge in [0.1, 0.15) is 0 Å². The van der Waals surface area contributed by atoms with Gasteiger partial charge in [0.2, 0.25) is 0 Å². The van der Waals surface area contributed by atoms with Crippen molar-refractivity contribution in [1.82, 2.24) is 0 Å². The lowest BCUT2D eigenvalue weighted by molar-refractivity contribution is 0.239. The largest absolute Gasteiger partial charge is 0.126 e. The Morgan fingerprint density at radius 2 is 2.18 bits per heavy atom. The molecule has 2 rings (SSSR count). The van der Waals surface area contributed by atoms with Gasteiger partial charge in [0.25, 0.3) is 0 Å². The molecule has 0 aromatic carbocycles. The molecule has 0 aromatic heterocycles. The first-order valence-corrected chi connectivity index (χ1v) is 5.34. The van der Waals surface area contributed by atoms with Crippen molar-refractivity contribution in [3.8, 4) is 0 Å². The summed E-state index contributed by atoms with van der Waals surface area (Å²) in [6.07, 6.45) is 7.32. The van der Waals surface area contributed by atoms with Crippen molar-refractivity contribution in [3.63, 3.8) is 0 Å². The van der Waals surface area contributed by atoms with Crippen LogP contribution in [0, 0.1) is 17.3 Å². The molecule has 64 valence electrons. The van der Waals surface area contributed by atoms with E-state index in [9.17, 15) is 0 Å². The minimum absolute atomic E-state index is 0.660. The molecule has 0 bridgehead atoms. The number of rotatable bonds is 3. The minimum atomic E-state index is 0.660. The fourth-order valence-electron chi connectivity index (χ4n) is 2.35. The van der Waals surface area contributed by atoms with Gasteiger partial charge in [-0.1, -0.05) is 26.2 Å². The summed E-state index contributed by atoms with van der Waals surface area (Å²) in [7, 11) is 0. The molecular weight excluding hydrogens is 156 g/mol. The van der Waals surface area contributed by atoms with Crippen LogP contribution in [0.5, 0.6) is 0 Å². The van der Waals surface area contributed by atoms with Crippen molar-refractivity contribution < 1.29 is 0 Å². The molecule has 1 heteroatoms. The zero-order valence-electron chi connectivity index (χ0n) is 7.28. The summed E-state index contributed by atoms with van der Waals surface area (Å²) in [4.78, 5) is 0. The average molecular weight is 173 g/mol. The molecule has 0 aliphatic heterocycles. The molecule has 11 heavy (non-hydrogen) atoms. The molecule has 2 saturated carbocycles. The van der Waals surface area contributed by atoms with Crippen molar-refractivity contribution >= 4 is 11.6 Å². The zero-order valence-corrected chi connectivity index (χ0v) is 8.03. The standard InChI is InChI=1S/C10H17Cl/c1-10(6-9(10)7-11)5-8-3-2-4-8/h8-9H,2-7H2,1H3. The summed E-state index contributed by atoms with van der Waals surface area (Å²) in [6, 6.07) is 0. The number of hydrogen-bond donors (Lipinski definition) is 0. The highest BCUT2D eigenvalue weighted by Crippen LogP contribution is 2.58. The monoisotopic (exact) mass is 172 g/mol. The molecule has 2 unspecified atom stereocenters. The van der Waals surface area contributed by atoms with E-state index in [4.69, 9.17) is 11.6 Å². The predicted molar refractivity (Wildman–Crippen MR) is 48.9 cm³/mol. The molecule has 0 nitrogen and oxygen atoms in total. The van der Waals surface area contributed by atoms with Crippen molar-refractivity contribution in [2.75, 3.05) is 5.88 Å². The second-order valence-electron chi connectivity index (χ2n) is 4.71. The molecular formula is C10H17Cl. The van der Waals surface area contributed by atoms with Crippen LogP contribution >= 0.6 is 11.6 Å². The lowest BCUT2D eigenvalue weighted by Crippen LogP contribution is -2.16. The number of alkyl halides is 1. The van der Waals surface area contributed by atoms with Gasteiger partial charge in [-0.05, 0) is 30.1 Å². The Labute approximate surface area is 74.3 Å². The highest BCUT2D eigenvalue weighted by Gasteiger charge is 2.50. The van der Waals surface area contributed by atoms with Crippen LogP contribution in [0.2, 0.25) is 0 Å². The Kier molecular flexibility index (Phi) is 1.91. The van der Waals surface area contributed by atoms with Crippen LogP contribution in [0.25, 0.3) is 0 Å². The van der Waals surface area contributed by atoms with E-state index in [-0.39, 0.29) is 0 Å². The van der Waals surface area contributed by atoms with E-state index in [2.05, 4.69) is 6.92 Å². The van der Waals surface area contributed by atoms with Gasteiger partial charge in [0.05, 0.1) is 0 Å². The Hall–Kier alpha value is 0.290. The maximum Gasteiger partial charge on any atom is 0.0257 e. The second-order valence-corrected chi connectivity index (χ2v) is 5.02. The van der Waals surface area contributed by atoms with Gasteiger partial charge in [0, 0.05) is 5.88 Å². The summed E-state index contributed by atoms with van der Waals surface area (Å²) in [6.45, 7) is 2.42. The third-order valence-corrected chi connectivity index (χ3v) is 4.08. The Morgan fingerprint density at radius 3 is 2.55 bits per heavy atom. The molecule has 2 aliphatic rings. The van der Waals surface area contributed by atoms with Gasteiger partial charge < -0.3 is 0 Å². The second kappa shape index (κ2) is 2.65. The number of halogens is 1. The van der Waals surface area contributed by atoms with Gasteiger partial charge in [-0.2, -0.15) is 0 Å². The van der Waals surface area contributed by atoms with Crippen molar-refractivity contribution in [3.05, 3.63) is 0 Å². The van der Waals surface area contributed by atoms with Crippen LogP contribution in [-0.2, 0) is 0 Å². The van der Waals surface area contributed by atoms with E-state index in [1.54, 1.807) is 0 Å². The molecule has 2 fully saturated rings. The van der Waals surface area contributed by atoms with Gasteiger partial charge in [0.15, 0.2) is 0 Å². The first-order valence-electron chi connectivity index (χ1n) is 4.80. The smallest absolute Gasteiger partial charge is 0.0257 e. The fraction of sp³-hybridized carbons (Fsp3) is 1.00. The van der Waals surface area contributed by atoms with E-state index in [0.29, 0.717) is 5.41 Å². The van der Waals surface area contributed by atoms with Crippen LogP contribution < -0.4 is 0 Å². The summed E-state index contributed by atoms with van der Waals surface area (Å²) in [5, 5.41) is 0. The molecule has 0 saturated heterocycles. The lowest BCUT2D eigenvalue weighted by Gasteiger charge is -2.28. The summed E-state index contributed by atoms with van der Waals surface area (Å²) < 4.78 is 0. The van der Waals surface area contributed by atoms with E-state index < -0.39 is 0 Å². The van der Waals surface area contributed by atoms with E-state index >= 15 is 0 Å². The van der Waals surface area contributed by atoms with E-state index in [1.807, 2.05) is 0 Å². The van der Waals surface area contributed by atoms with E-state index in [0.717, 1.165) is 17.7 Å². The molecule has 0 aromatic rings. The number of hydrogen-bond acceptors (Lipinski definition) is 0. The van der Waals surface area contributed by atoms with Crippen LogP contribution in [0.15, 0.2) is 0 Å². The SMILES string of the molecule is CC1(CC2CCC2)CC1CCl. The van der Waals surface area contributed by atoms with Crippen LogP contribution in [0.4, 0.5) is 0 Å². The summed E-state index contributed by atoms with van der Waals surface area (Å²) in [5.41, 5.74) is 0.660. The summed E-state index contributed by atoms with van der Waals surface area (Å²) in [5.74, 6) is 2.81. The Balaban J connectivity index is 1.77. The Bertz CT molecular complexity index is 151. The molecule has 0 amide bonds. The molecule has 0 spiro atoms. The van der Waals surface area contributed by atoms with Gasteiger partial charge in [-0.25, -0.2) is 0 Å². The van der Waals surface area contributed by atoms with E-state index in [1.165, 1.54) is 32.1 Å². The highest BCUT2D eigenvalue weighted by molar-refractivity contribution is 6.18. The quantitative estimate of drug-likeness (QED) is 0.573. The molecule has 0 radical (unpaired) electrons. The van der Waals surface area contributed by atoms with Crippen LogP contribution in [-0.4, -0.2) is 5.88 Å². The maximum atomic E-state index is 5.83. The molecule has 2 atom stereocenters. The summed E-state index contributed by atoms with van der Waals surface area (Å²) >= 11 is 5.83. The molecule has 0 heterocycles. The van der Waals surface area contributed by atoms with Crippen LogP contribution in [0.1, 0.15) is 39.0 Å². The third-order valence-electron chi connectivity index (χ3n) is 3.70. The van der Waals surface area contributed by atoms with Crippen molar-refractivity contribution in [2.24, 2.45) is 17.3 Å². The van der Waals surface area contributed by atoms with Gasteiger partial charge in [-0.3, -0.25) is 0 Å². The fourth-order valence-corrected chi connectivity index (χ4v) is 2.83. The predicted octanol–water partition coefficient (Wildman–Crippen LogP) is 3.44. The molecule has 2 aliphatic carbocycles. The van der Waals surface area contributed by atoms with Crippen molar-refractivity contribution in [1.29, 1.82) is 0 Å². The lowest BCUT2D eigenvalue weighted by atomic mass is 9.78. The average Bonchev–Trinajstić information content (AvgIpc) is 2.55. The minimum Gasteiger partial charge on any atom is -0.126 e. The first-order chi connectivity index (χ1) is 5.24. The Morgan fingerprint density at radius 1 is 1.45 bits per heavy atom. The highest BCUT2D eigenvalue weighted by atomic mass is 35.5. The maximum absolute atomic E-state index is 5.83. The zero-order chi connectivity index (χ0) is 7.90. The van der Waals surface area contributed by atoms with Gasteiger partial charge >= 0.3 is 0 Å². The third kappa shape index (κ3) is 1.42. The first kappa shape index (κ1) is 7.91.